The summed E-state index contributed by atoms with van der Waals surface area (Å²) in [7, 11) is 0. The number of ether oxygens (including phenoxy) is 1. The van der Waals surface area contributed by atoms with Crippen LogP contribution in [0.1, 0.15) is 78.1 Å². The van der Waals surface area contributed by atoms with Crippen molar-refractivity contribution in [2.45, 2.75) is 78.1 Å². The molecule has 3 heteroatoms. The Balaban J connectivity index is 0.00000400. The first-order valence-electron chi connectivity index (χ1n) is 9.26. The Labute approximate surface area is 144 Å². The lowest BCUT2D eigenvalue weighted by atomic mass is 10.1. The molecule has 0 spiro atoms. The molecule has 0 radical (unpaired) electrons. The van der Waals surface area contributed by atoms with Gasteiger partial charge in [-0.1, -0.05) is 58.3 Å². The minimum absolute atomic E-state index is 0. The summed E-state index contributed by atoms with van der Waals surface area (Å²) in [6, 6.07) is 0. The fourth-order valence-electron chi connectivity index (χ4n) is 3.36. The van der Waals surface area contributed by atoms with E-state index in [0.29, 0.717) is 0 Å². The molecule has 0 amide bonds. The van der Waals surface area contributed by atoms with Crippen molar-refractivity contribution in [3.8, 4) is 0 Å². The number of morpholine rings is 1. The molecule has 0 bridgehead atoms. The summed E-state index contributed by atoms with van der Waals surface area (Å²) in [4.78, 5) is 0. The van der Waals surface area contributed by atoms with Crippen LogP contribution in [-0.4, -0.2) is 43.9 Å². The monoisotopic (exact) mass is 363 g/mol. The van der Waals surface area contributed by atoms with E-state index in [1.165, 1.54) is 94.9 Å². The van der Waals surface area contributed by atoms with E-state index in [1.54, 1.807) is 0 Å². The number of unbranched alkanes of at least 4 members (excludes halogenated alkanes) is 9. The van der Waals surface area contributed by atoms with Gasteiger partial charge in [0.05, 0.1) is 26.3 Å². The van der Waals surface area contributed by atoms with Gasteiger partial charge >= 0.3 is 0 Å². The molecular formula is C18H38BrNO. The highest BCUT2D eigenvalue weighted by atomic mass is 79.9. The van der Waals surface area contributed by atoms with Crippen molar-refractivity contribution in [1.29, 1.82) is 0 Å². The number of quaternary nitrogens is 1. The Morgan fingerprint density at radius 3 is 1.67 bits per heavy atom. The third-order valence-corrected chi connectivity index (χ3v) is 5.08. The Bertz CT molecular complexity index is 217. The van der Waals surface area contributed by atoms with Crippen LogP contribution in [-0.2, 0) is 4.74 Å². The topological polar surface area (TPSA) is 9.23 Å². The van der Waals surface area contributed by atoms with Crippen LogP contribution in [0.25, 0.3) is 0 Å². The number of nitrogens with zero attached hydrogens (tertiary/aromatic N) is 1. The number of halogens is 1. The largest absolute Gasteiger partial charge is 1.00 e. The molecule has 0 N–H and O–H groups in total. The second-order valence-electron chi connectivity index (χ2n) is 6.62. The molecule has 1 saturated heterocycles. The highest BCUT2D eigenvalue weighted by Gasteiger charge is 2.27. The molecule has 0 aromatic carbocycles. The van der Waals surface area contributed by atoms with Crippen LogP contribution in [0.4, 0.5) is 0 Å². The van der Waals surface area contributed by atoms with Crippen LogP contribution in [0.2, 0.25) is 0 Å². The van der Waals surface area contributed by atoms with Crippen molar-refractivity contribution < 1.29 is 26.2 Å². The van der Waals surface area contributed by atoms with Gasteiger partial charge in [-0.05, 0) is 19.8 Å². The molecular weight excluding hydrogens is 326 g/mol. The predicted molar refractivity (Wildman–Crippen MR) is 88.1 cm³/mol. The van der Waals surface area contributed by atoms with Crippen LogP contribution in [0.15, 0.2) is 0 Å². The van der Waals surface area contributed by atoms with Crippen LogP contribution < -0.4 is 17.0 Å². The lowest BCUT2D eigenvalue weighted by molar-refractivity contribution is -0.933. The first-order valence-corrected chi connectivity index (χ1v) is 9.26. The van der Waals surface area contributed by atoms with Gasteiger partial charge in [-0.2, -0.15) is 0 Å². The quantitative estimate of drug-likeness (QED) is 0.379. The van der Waals surface area contributed by atoms with Crippen LogP contribution in [0, 0.1) is 0 Å². The lowest BCUT2D eigenvalue weighted by Crippen LogP contribution is -3.00. The zero-order valence-electron chi connectivity index (χ0n) is 14.5. The van der Waals surface area contributed by atoms with E-state index < -0.39 is 0 Å². The third kappa shape index (κ3) is 9.91. The number of rotatable bonds is 12. The summed E-state index contributed by atoms with van der Waals surface area (Å²) in [6.45, 7) is 11.8. The van der Waals surface area contributed by atoms with Crippen molar-refractivity contribution in [3.63, 3.8) is 0 Å². The summed E-state index contributed by atoms with van der Waals surface area (Å²) >= 11 is 0. The molecule has 128 valence electrons. The number of likely N-dealkylation sites (N-methyl/N-ethyl adjacent to an activating group) is 1. The molecule has 2 nitrogen and oxygen atoms in total. The van der Waals surface area contributed by atoms with Gasteiger partial charge in [0.25, 0.3) is 0 Å². The van der Waals surface area contributed by atoms with Gasteiger partial charge in [0.1, 0.15) is 13.1 Å². The molecule has 0 atom stereocenters. The highest BCUT2D eigenvalue weighted by Crippen LogP contribution is 2.15. The molecule has 0 aliphatic carbocycles. The molecule has 0 aromatic heterocycles. The Hall–Kier alpha value is 0.400. The zero-order valence-corrected chi connectivity index (χ0v) is 16.1. The smallest absolute Gasteiger partial charge is 0.102 e. The van der Waals surface area contributed by atoms with Gasteiger partial charge in [-0.25, -0.2) is 0 Å². The third-order valence-electron chi connectivity index (χ3n) is 5.08. The first-order chi connectivity index (χ1) is 9.83. The second-order valence-corrected chi connectivity index (χ2v) is 6.62. The fraction of sp³-hybridized carbons (Fsp3) is 1.00. The van der Waals surface area contributed by atoms with Gasteiger partial charge in [0.15, 0.2) is 0 Å². The average molecular weight is 364 g/mol. The Kier molecular flexibility index (Phi) is 14.3. The maximum atomic E-state index is 5.51. The maximum Gasteiger partial charge on any atom is 0.102 e. The van der Waals surface area contributed by atoms with Gasteiger partial charge in [-0.15, -0.1) is 0 Å². The summed E-state index contributed by atoms with van der Waals surface area (Å²) in [5, 5.41) is 0. The van der Waals surface area contributed by atoms with E-state index in [4.69, 9.17) is 4.74 Å². The van der Waals surface area contributed by atoms with E-state index in [-0.39, 0.29) is 17.0 Å². The number of hydrogen-bond acceptors (Lipinski definition) is 1. The normalized spacial score (nSPS) is 17.4. The first kappa shape index (κ1) is 21.4. The van der Waals surface area contributed by atoms with Crippen molar-refractivity contribution in [2.24, 2.45) is 0 Å². The summed E-state index contributed by atoms with van der Waals surface area (Å²) in [5.41, 5.74) is 0. The second kappa shape index (κ2) is 14.0. The van der Waals surface area contributed by atoms with Gasteiger partial charge in [-0.3, -0.25) is 0 Å². The lowest BCUT2D eigenvalue weighted by Gasteiger charge is -2.40. The zero-order chi connectivity index (χ0) is 14.5. The minimum Gasteiger partial charge on any atom is -1.00 e. The summed E-state index contributed by atoms with van der Waals surface area (Å²) in [5.74, 6) is 0. The van der Waals surface area contributed by atoms with E-state index in [2.05, 4.69) is 13.8 Å². The molecule has 21 heavy (non-hydrogen) atoms. The standard InChI is InChI=1S/C18H38NO.BrH/c1-3-5-6-7-8-9-10-11-12-13-14-19(4-2)15-17-20-18-16-19;/h3-18H2,1-2H3;1H/q+1;/p-1. The molecule has 1 rings (SSSR count). The van der Waals surface area contributed by atoms with Gasteiger partial charge in [0.2, 0.25) is 0 Å². The van der Waals surface area contributed by atoms with Crippen LogP contribution in [0.5, 0.6) is 0 Å². The predicted octanol–water partition coefficient (Wildman–Crippen LogP) is 1.78. The van der Waals surface area contributed by atoms with Crippen molar-refractivity contribution >= 4 is 0 Å². The summed E-state index contributed by atoms with van der Waals surface area (Å²) < 4.78 is 6.83. The van der Waals surface area contributed by atoms with Crippen LogP contribution >= 0.6 is 0 Å². The molecule has 1 fully saturated rings. The molecule has 0 unspecified atom stereocenters. The number of hydrogen-bond donors (Lipinski definition) is 0. The summed E-state index contributed by atoms with van der Waals surface area (Å²) in [6.07, 6.45) is 14.4. The Morgan fingerprint density at radius 2 is 1.19 bits per heavy atom. The minimum atomic E-state index is 0. The molecule has 1 aliphatic heterocycles. The van der Waals surface area contributed by atoms with E-state index in [1.807, 2.05) is 0 Å². The van der Waals surface area contributed by atoms with Gasteiger partial charge in [0, 0.05) is 0 Å². The van der Waals surface area contributed by atoms with E-state index in [0.717, 1.165) is 13.2 Å². The maximum absolute atomic E-state index is 5.51. The SMILES string of the molecule is CCCCCCCCCCCC[N+]1(CC)CCOCC1.[Br-]. The highest BCUT2D eigenvalue weighted by molar-refractivity contribution is 4.52. The van der Waals surface area contributed by atoms with Crippen molar-refractivity contribution in [1.82, 2.24) is 0 Å². The Morgan fingerprint density at radius 1 is 0.714 bits per heavy atom. The molecule has 1 heterocycles. The molecule has 0 aromatic rings. The van der Waals surface area contributed by atoms with Crippen molar-refractivity contribution in [2.75, 3.05) is 39.4 Å². The van der Waals surface area contributed by atoms with E-state index in [9.17, 15) is 0 Å². The average Bonchev–Trinajstić information content (AvgIpc) is 2.50. The molecule has 1 aliphatic rings. The van der Waals surface area contributed by atoms with Crippen molar-refractivity contribution in [3.05, 3.63) is 0 Å². The van der Waals surface area contributed by atoms with Crippen LogP contribution in [0.3, 0.4) is 0 Å². The molecule has 0 saturated carbocycles. The van der Waals surface area contributed by atoms with Gasteiger partial charge < -0.3 is 26.2 Å². The van der Waals surface area contributed by atoms with E-state index >= 15 is 0 Å². The fourth-order valence-corrected chi connectivity index (χ4v) is 3.36.